The van der Waals surface area contributed by atoms with Crippen molar-refractivity contribution in [2.24, 2.45) is 5.10 Å². The van der Waals surface area contributed by atoms with Crippen LogP contribution in [-0.4, -0.2) is 24.8 Å². The summed E-state index contributed by atoms with van der Waals surface area (Å²) < 4.78 is 0. The maximum absolute atomic E-state index is 3.77. The largest absolute Gasteiger partial charge is 0.294 e. The molecular weight excluding hydrogens is 160 g/mol. The predicted octanol–water partition coefficient (Wildman–Crippen LogP) is 3.06. The molecule has 2 heteroatoms. The Labute approximate surface area is 82.3 Å². The summed E-state index contributed by atoms with van der Waals surface area (Å²) in [5.41, 5.74) is 0. The summed E-state index contributed by atoms with van der Waals surface area (Å²) >= 11 is 0. The minimum Gasteiger partial charge on any atom is -0.294 e. The zero-order valence-corrected chi connectivity index (χ0v) is 9.16. The molecule has 0 spiro atoms. The Morgan fingerprint density at radius 3 is 2.31 bits per heavy atom. The molecule has 2 nitrogen and oxygen atoms in total. The second kappa shape index (κ2) is 7.84. The molecule has 76 valence electrons. The molecule has 0 bridgehead atoms. The molecule has 0 amide bonds. The minimum atomic E-state index is 0.359. The molecule has 1 aliphatic carbocycles. The molecule has 0 aromatic carbocycles. The summed E-state index contributed by atoms with van der Waals surface area (Å²) in [7, 11) is 1.91. The van der Waals surface area contributed by atoms with Gasteiger partial charge in [0.15, 0.2) is 0 Å². The van der Waals surface area contributed by atoms with Crippen LogP contribution in [0.3, 0.4) is 0 Å². The maximum Gasteiger partial charge on any atom is 0.0619 e. The number of hydrogen-bond donors (Lipinski definition) is 0. The molecule has 1 saturated carbocycles. The Morgan fingerprint density at radius 2 is 2.00 bits per heavy atom. The van der Waals surface area contributed by atoms with Gasteiger partial charge < -0.3 is 0 Å². The van der Waals surface area contributed by atoms with Gasteiger partial charge in [-0.2, -0.15) is 5.10 Å². The maximum atomic E-state index is 3.77. The van der Waals surface area contributed by atoms with Crippen molar-refractivity contribution in [1.29, 1.82) is 0 Å². The van der Waals surface area contributed by atoms with Gasteiger partial charge in [-0.1, -0.05) is 38.3 Å². The molecule has 1 fully saturated rings. The summed E-state index contributed by atoms with van der Waals surface area (Å²) in [6.07, 6.45) is 9.83. The second-order valence-electron chi connectivity index (χ2n) is 3.35. The monoisotopic (exact) mass is 182 g/mol. The van der Waals surface area contributed by atoms with Crippen molar-refractivity contribution in [2.45, 2.75) is 45.6 Å². The SMILES string of the molecule is C1CC1.C=NN(C)C(C)C=CCC. The molecule has 1 aliphatic rings. The first kappa shape index (κ1) is 12.2. The summed E-state index contributed by atoms with van der Waals surface area (Å²) in [5, 5.41) is 5.60. The normalized spacial score (nSPS) is 15.9. The lowest BCUT2D eigenvalue weighted by atomic mass is 10.3. The Balaban J connectivity index is 0.000000396. The molecule has 0 aromatic rings. The van der Waals surface area contributed by atoms with Crippen LogP contribution < -0.4 is 0 Å². The summed E-state index contributed by atoms with van der Waals surface area (Å²) in [5.74, 6) is 0. The lowest BCUT2D eigenvalue weighted by Crippen LogP contribution is -2.20. The third-order valence-electron chi connectivity index (χ3n) is 1.82. The Hall–Kier alpha value is -0.790. The lowest BCUT2D eigenvalue weighted by Gasteiger charge is -2.16. The van der Waals surface area contributed by atoms with Crippen molar-refractivity contribution in [2.75, 3.05) is 7.05 Å². The molecule has 0 saturated heterocycles. The van der Waals surface area contributed by atoms with Gasteiger partial charge >= 0.3 is 0 Å². The first-order chi connectivity index (χ1) is 6.22. The molecule has 0 aromatic heterocycles. The van der Waals surface area contributed by atoms with Gasteiger partial charge in [-0.3, -0.25) is 5.01 Å². The van der Waals surface area contributed by atoms with Crippen LogP contribution in [0, 0.1) is 0 Å². The fraction of sp³-hybridized carbons (Fsp3) is 0.727. The third kappa shape index (κ3) is 9.12. The molecule has 0 N–H and O–H groups in total. The predicted molar refractivity (Wildman–Crippen MR) is 60.1 cm³/mol. The van der Waals surface area contributed by atoms with E-state index in [0.717, 1.165) is 6.42 Å². The van der Waals surface area contributed by atoms with Gasteiger partial charge in [0.1, 0.15) is 0 Å². The molecule has 0 heterocycles. The average Bonchev–Trinajstić information content (AvgIpc) is 2.99. The van der Waals surface area contributed by atoms with Crippen molar-refractivity contribution < 1.29 is 0 Å². The van der Waals surface area contributed by atoms with Gasteiger partial charge in [0.25, 0.3) is 0 Å². The van der Waals surface area contributed by atoms with Crippen LogP contribution in [0.1, 0.15) is 39.5 Å². The first-order valence-corrected chi connectivity index (χ1v) is 5.08. The van der Waals surface area contributed by atoms with Crippen LogP contribution in [-0.2, 0) is 0 Å². The number of nitrogens with zero attached hydrogens (tertiary/aromatic N) is 2. The fourth-order valence-corrected chi connectivity index (χ4v) is 0.586. The molecule has 0 radical (unpaired) electrons. The van der Waals surface area contributed by atoms with E-state index >= 15 is 0 Å². The topological polar surface area (TPSA) is 15.6 Å². The quantitative estimate of drug-likeness (QED) is 0.370. The molecule has 1 unspecified atom stereocenters. The van der Waals surface area contributed by atoms with Gasteiger partial charge in [-0.05, 0) is 13.3 Å². The zero-order chi connectivity index (χ0) is 10.1. The van der Waals surface area contributed by atoms with E-state index in [1.807, 2.05) is 12.1 Å². The minimum absolute atomic E-state index is 0.359. The highest BCUT2D eigenvalue weighted by atomic mass is 15.4. The summed E-state index contributed by atoms with van der Waals surface area (Å²) in [6, 6.07) is 0.359. The fourth-order valence-electron chi connectivity index (χ4n) is 0.586. The van der Waals surface area contributed by atoms with Gasteiger partial charge in [-0.15, -0.1) is 0 Å². The Morgan fingerprint density at radius 1 is 1.46 bits per heavy atom. The number of rotatable bonds is 4. The second-order valence-corrected chi connectivity index (χ2v) is 3.35. The molecular formula is C11H22N2. The smallest absolute Gasteiger partial charge is 0.0619 e. The molecule has 13 heavy (non-hydrogen) atoms. The van der Waals surface area contributed by atoms with Gasteiger partial charge in [0, 0.05) is 13.8 Å². The van der Waals surface area contributed by atoms with Gasteiger partial charge in [0.05, 0.1) is 6.04 Å². The van der Waals surface area contributed by atoms with E-state index in [4.69, 9.17) is 0 Å². The van der Waals surface area contributed by atoms with E-state index in [-0.39, 0.29) is 0 Å². The van der Waals surface area contributed by atoms with Crippen LogP contribution in [0.5, 0.6) is 0 Å². The van der Waals surface area contributed by atoms with E-state index in [0.29, 0.717) is 6.04 Å². The van der Waals surface area contributed by atoms with Crippen LogP contribution in [0.4, 0.5) is 0 Å². The highest BCUT2D eigenvalue weighted by molar-refractivity contribution is 5.22. The molecule has 1 rings (SSSR count). The van der Waals surface area contributed by atoms with Crippen molar-refractivity contribution >= 4 is 6.72 Å². The highest BCUT2D eigenvalue weighted by Crippen LogP contribution is 2.14. The van der Waals surface area contributed by atoms with Crippen LogP contribution in [0.25, 0.3) is 0 Å². The highest BCUT2D eigenvalue weighted by Gasteiger charge is 1.98. The average molecular weight is 182 g/mol. The standard InChI is InChI=1S/C8H16N2.C3H6/c1-5-6-7-8(2)10(4)9-3;1-2-3-1/h6-8H,3,5H2,1-2,4H3;1-3H2. The van der Waals surface area contributed by atoms with Crippen molar-refractivity contribution in [3.63, 3.8) is 0 Å². The number of allylic oxidation sites excluding steroid dienone is 1. The summed E-state index contributed by atoms with van der Waals surface area (Å²) in [4.78, 5) is 0. The van der Waals surface area contributed by atoms with Crippen LogP contribution >= 0.6 is 0 Å². The van der Waals surface area contributed by atoms with Crippen LogP contribution in [0.15, 0.2) is 17.3 Å². The van der Waals surface area contributed by atoms with Crippen molar-refractivity contribution in [3.8, 4) is 0 Å². The Bertz CT molecular complexity index is 147. The van der Waals surface area contributed by atoms with Crippen LogP contribution in [0.2, 0.25) is 0 Å². The molecule has 1 atom stereocenters. The summed E-state index contributed by atoms with van der Waals surface area (Å²) in [6.45, 7) is 7.63. The first-order valence-electron chi connectivity index (χ1n) is 5.08. The molecule has 0 aliphatic heterocycles. The van der Waals surface area contributed by atoms with E-state index in [9.17, 15) is 0 Å². The third-order valence-corrected chi connectivity index (χ3v) is 1.82. The van der Waals surface area contributed by atoms with Gasteiger partial charge in [0.2, 0.25) is 0 Å². The number of likely N-dealkylation sites (N-methyl/N-ethyl adjacent to an activating group) is 1. The van der Waals surface area contributed by atoms with Crippen molar-refractivity contribution in [3.05, 3.63) is 12.2 Å². The van der Waals surface area contributed by atoms with E-state index in [1.54, 1.807) is 0 Å². The lowest BCUT2D eigenvalue weighted by molar-refractivity contribution is 0.316. The number of hydrazone groups is 1. The Kier molecular flexibility index (Phi) is 7.36. The van der Waals surface area contributed by atoms with Gasteiger partial charge in [-0.25, -0.2) is 0 Å². The van der Waals surface area contributed by atoms with Crippen molar-refractivity contribution in [1.82, 2.24) is 5.01 Å². The van der Waals surface area contributed by atoms with E-state index in [2.05, 4.69) is 37.8 Å². The van der Waals surface area contributed by atoms with E-state index in [1.165, 1.54) is 19.3 Å². The number of hydrogen-bond acceptors (Lipinski definition) is 2. The zero-order valence-electron chi connectivity index (χ0n) is 9.16. The van der Waals surface area contributed by atoms with E-state index < -0.39 is 0 Å².